The summed E-state index contributed by atoms with van der Waals surface area (Å²) in [5.41, 5.74) is 3.31. The SMILES string of the molecule is COc1ccccc1-c1csc2nc(Nc3nc4ccccc4nc3Cl)nn12. The van der Waals surface area contributed by atoms with Crippen LogP contribution in [0.15, 0.2) is 53.9 Å². The summed E-state index contributed by atoms with van der Waals surface area (Å²) < 4.78 is 7.24. The summed E-state index contributed by atoms with van der Waals surface area (Å²) >= 11 is 7.77. The number of thiazole rings is 1. The Morgan fingerprint density at radius 3 is 2.57 bits per heavy atom. The number of anilines is 2. The van der Waals surface area contributed by atoms with Gasteiger partial charge >= 0.3 is 0 Å². The quantitative estimate of drug-likeness (QED) is 0.460. The number of fused-ring (bicyclic) bond motifs is 2. The van der Waals surface area contributed by atoms with Crippen LogP contribution in [0.2, 0.25) is 5.15 Å². The first-order valence-electron chi connectivity index (χ1n) is 8.40. The highest BCUT2D eigenvalue weighted by Crippen LogP contribution is 2.33. The van der Waals surface area contributed by atoms with Crippen molar-refractivity contribution in [3.8, 4) is 17.0 Å². The number of benzene rings is 2. The molecule has 7 nitrogen and oxygen atoms in total. The average molecular weight is 409 g/mol. The van der Waals surface area contributed by atoms with Gasteiger partial charge in [0.05, 0.1) is 23.8 Å². The molecule has 0 radical (unpaired) electrons. The third kappa shape index (κ3) is 2.83. The van der Waals surface area contributed by atoms with E-state index in [0.717, 1.165) is 33.0 Å². The van der Waals surface area contributed by atoms with Crippen molar-refractivity contribution in [2.24, 2.45) is 0 Å². The molecule has 3 heterocycles. The second kappa shape index (κ2) is 6.74. The maximum atomic E-state index is 6.28. The molecule has 138 valence electrons. The Balaban J connectivity index is 1.55. The average Bonchev–Trinajstić information content (AvgIpc) is 3.28. The van der Waals surface area contributed by atoms with Crippen LogP contribution < -0.4 is 10.1 Å². The van der Waals surface area contributed by atoms with Gasteiger partial charge in [-0.2, -0.15) is 4.98 Å². The molecule has 0 atom stereocenters. The molecule has 0 aliphatic carbocycles. The zero-order chi connectivity index (χ0) is 19.1. The molecule has 0 aliphatic heterocycles. The second-order valence-corrected chi connectivity index (χ2v) is 7.12. The first kappa shape index (κ1) is 16.9. The first-order chi connectivity index (χ1) is 13.7. The number of hydrogen-bond donors (Lipinski definition) is 1. The Bertz CT molecular complexity index is 1310. The van der Waals surface area contributed by atoms with E-state index in [1.807, 2.05) is 53.9 Å². The van der Waals surface area contributed by atoms with Crippen LogP contribution >= 0.6 is 22.9 Å². The normalized spacial score (nSPS) is 11.2. The van der Waals surface area contributed by atoms with Crippen LogP contribution in [0.1, 0.15) is 0 Å². The monoisotopic (exact) mass is 408 g/mol. The van der Waals surface area contributed by atoms with E-state index in [-0.39, 0.29) is 5.15 Å². The molecule has 0 aliphatic rings. The molecule has 5 rings (SSSR count). The molecule has 0 saturated carbocycles. The molecule has 3 aromatic heterocycles. The maximum absolute atomic E-state index is 6.28. The molecule has 5 aromatic rings. The van der Waals surface area contributed by atoms with Gasteiger partial charge in [-0.3, -0.25) is 0 Å². The Kier molecular flexibility index (Phi) is 4.07. The second-order valence-electron chi connectivity index (χ2n) is 5.93. The Morgan fingerprint density at radius 1 is 1.00 bits per heavy atom. The van der Waals surface area contributed by atoms with Crippen LogP contribution in [0.5, 0.6) is 5.75 Å². The summed E-state index contributed by atoms with van der Waals surface area (Å²) in [6, 6.07) is 15.3. The predicted octanol–water partition coefficient (Wildman–Crippen LogP) is 4.81. The third-order valence-electron chi connectivity index (χ3n) is 4.22. The molecule has 0 bridgehead atoms. The van der Waals surface area contributed by atoms with Gasteiger partial charge in [0.25, 0.3) is 0 Å². The van der Waals surface area contributed by atoms with E-state index < -0.39 is 0 Å². The molecule has 2 aromatic carbocycles. The van der Waals surface area contributed by atoms with Gasteiger partial charge in [0, 0.05) is 10.9 Å². The predicted molar refractivity (Wildman–Crippen MR) is 111 cm³/mol. The van der Waals surface area contributed by atoms with Gasteiger partial charge in [0.15, 0.2) is 11.0 Å². The zero-order valence-electron chi connectivity index (χ0n) is 14.6. The lowest BCUT2D eigenvalue weighted by molar-refractivity contribution is 0.416. The molecule has 28 heavy (non-hydrogen) atoms. The summed E-state index contributed by atoms with van der Waals surface area (Å²) in [5, 5.41) is 9.90. The van der Waals surface area contributed by atoms with E-state index in [0.29, 0.717) is 11.8 Å². The minimum Gasteiger partial charge on any atom is -0.496 e. The maximum Gasteiger partial charge on any atom is 0.249 e. The molecule has 9 heteroatoms. The number of rotatable bonds is 4. The molecular weight excluding hydrogens is 396 g/mol. The van der Waals surface area contributed by atoms with Gasteiger partial charge in [-0.1, -0.05) is 35.9 Å². The molecule has 0 amide bonds. The Hall–Kier alpha value is -3.23. The van der Waals surface area contributed by atoms with Crippen molar-refractivity contribution in [2.45, 2.75) is 0 Å². The largest absolute Gasteiger partial charge is 0.496 e. The number of ether oxygens (including phenoxy) is 1. The van der Waals surface area contributed by atoms with Crippen molar-refractivity contribution in [1.82, 2.24) is 24.6 Å². The van der Waals surface area contributed by atoms with Gasteiger partial charge in [0.1, 0.15) is 5.75 Å². The van der Waals surface area contributed by atoms with Crippen molar-refractivity contribution >= 4 is 50.7 Å². The Labute approximate surface area is 168 Å². The Morgan fingerprint density at radius 2 is 1.75 bits per heavy atom. The smallest absolute Gasteiger partial charge is 0.249 e. The summed E-state index contributed by atoms with van der Waals surface area (Å²) in [7, 11) is 1.65. The van der Waals surface area contributed by atoms with Crippen LogP contribution in [0.3, 0.4) is 0 Å². The number of nitrogens with zero attached hydrogens (tertiary/aromatic N) is 5. The van der Waals surface area contributed by atoms with Crippen LogP contribution in [-0.2, 0) is 0 Å². The lowest BCUT2D eigenvalue weighted by Gasteiger charge is -2.06. The van der Waals surface area contributed by atoms with E-state index >= 15 is 0 Å². The van der Waals surface area contributed by atoms with Crippen LogP contribution in [-0.4, -0.2) is 31.7 Å². The van der Waals surface area contributed by atoms with Crippen LogP contribution in [0.4, 0.5) is 11.8 Å². The fraction of sp³-hybridized carbons (Fsp3) is 0.0526. The van der Waals surface area contributed by atoms with Crippen molar-refractivity contribution in [3.05, 3.63) is 59.1 Å². The van der Waals surface area contributed by atoms with Crippen LogP contribution in [0.25, 0.3) is 27.3 Å². The van der Waals surface area contributed by atoms with Gasteiger partial charge in [0.2, 0.25) is 10.9 Å². The minimum absolute atomic E-state index is 0.266. The van der Waals surface area contributed by atoms with Gasteiger partial charge in [-0.15, -0.1) is 16.4 Å². The van der Waals surface area contributed by atoms with Crippen molar-refractivity contribution in [3.63, 3.8) is 0 Å². The number of aromatic nitrogens is 5. The number of nitrogens with one attached hydrogen (secondary N) is 1. The summed E-state index contributed by atoms with van der Waals surface area (Å²) in [4.78, 5) is 14.2. The van der Waals surface area contributed by atoms with Crippen LogP contribution in [0, 0.1) is 0 Å². The third-order valence-corrected chi connectivity index (χ3v) is 5.30. The minimum atomic E-state index is 0.266. The molecule has 0 spiro atoms. The number of hydrogen-bond acceptors (Lipinski definition) is 7. The van der Waals surface area contributed by atoms with E-state index in [1.54, 1.807) is 11.6 Å². The van der Waals surface area contributed by atoms with E-state index in [1.165, 1.54) is 11.3 Å². The highest BCUT2D eigenvalue weighted by molar-refractivity contribution is 7.15. The van der Waals surface area contributed by atoms with Gasteiger partial charge < -0.3 is 10.1 Å². The standard InChI is InChI=1S/C19H13ClN6OS/c1-27-15-9-5-2-6-11(15)14-10-28-19-24-18(25-26(14)19)23-17-16(20)21-12-7-3-4-8-13(12)22-17/h2-10H,1H3,(H,22,23,25). The van der Waals surface area contributed by atoms with Gasteiger partial charge in [-0.05, 0) is 24.3 Å². The summed E-state index contributed by atoms with van der Waals surface area (Å²) in [6.45, 7) is 0. The molecule has 1 N–H and O–H groups in total. The zero-order valence-corrected chi connectivity index (χ0v) is 16.2. The molecular formula is C19H13ClN6OS. The lowest BCUT2D eigenvalue weighted by atomic mass is 10.1. The fourth-order valence-corrected chi connectivity index (χ4v) is 3.94. The van der Waals surface area contributed by atoms with Crippen molar-refractivity contribution in [2.75, 3.05) is 12.4 Å². The van der Waals surface area contributed by atoms with E-state index in [2.05, 4.69) is 25.4 Å². The number of halogens is 1. The highest BCUT2D eigenvalue weighted by atomic mass is 35.5. The topological polar surface area (TPSA) is 77.2 Å². The summed E-state index contributed by atoms with van der Waals surface area (Å²) in [5.74, 6) is 1.59. The van der Waals surface area contributed by atoms with Crippen molar-refractivity contribution < 1.29 is 4.74 Å². The first-order valence-corrected chi connectivity index (χ1v) is 9.65. The van der Waals surface area contributed by atoms with Gasteiger partial charge in [-0.25, -0.2) is 14.5 Å². The number of methoxy groups -OCH3 is 1. The molecule has 0 unspecified atom stereocenters. The number of para-hydroxylation sites is 3. The highest BCUT2D eigenvalue weighted by Gasteiger charge is 2.16. The van der Waals surface area contributed by atoms with E-state index in [9.17, 15) is 0 Å². The summed E-state index contributed by atoms with van der Waals surface area (Å²) in [6.07, 6.45) is 0. The van der Waals surface area contributed by atoms with E-state index in [4.69, 9.17) is 16.3 Å². The lowest BCUT2D eigenvalue weighted by Crippen LogP contribution is -1.99. The molecule has 0 saturated heterocycles. The van der Waals surface area contributed by atoms with Crippen molar-refractivity contribution in [1.29, 1.82) is 0 Å². The molecule has 0 fully saturated rings. The fourth-order valence-electron chi connectivity index (χ4n) is 2.94.